The molecule has 0 saturated carbocycles. The van der Waals surface area contributed by atoms with Crippen molar-refractivity contribution in [1.82, 2.24) is 10.2 Å². The number of benzene rings is 1. The number of carbonyl (C=O) groups excluding carboxylic acids is 1. The van der Waals surface area contributed by atoms with E-state index in [0.717, 1.165) is 25.2 Å². The lowest BCUT2D eigenvalue weighted by Crippen LogP contribution is -2.43. The first kappa shape index (κ1) is 13.1. The second-order valence-electron chi connectivity index (χ2n) is 6.09. The Morgan fingerprint density at radius 2 is 2.24 bits per heavy atom. The Morgan fingerprint density at radius 1 is 1.38 bits per heavy atom. The van der Waals surface area contributed by atoms with E-state index in [0.29, 0.717) is 19.1 Å². The number of hydrogen-bond acceptors (Lipinski definition) is 4. The lowest BCUT2D eigenvalue weighted by atomic mass is 10.1. The van der Waals surface area contributed by atoms with Crippen LogP contribution in [0.3, 0.4) is 0 Å². The van der Waals surface area contributed by atoms with E-state index in [4.69, 9.17) is 9.47 Å². The molecule has 4 rings (SSSR count). The zero-order valence-corrected chi connectivity index (χ0v) is 12.2. The third-order valence-corrected chi connectivity index (χ3v) is 4.84. The van der Waals surface area contributed by atoms with Crippen molar-refractivity contribution in [3.8, 4) is 5.75 Å². The quantitative estimate of drug-likeness (QED) is 0.884. The van der Waals surface area contributed by atoms with Crippen LogP contribution in [-0.2, 0) is 22.6 Å². The maximum Gasteiger partial charge on any atom is 0.240 e. The van der Waals surface area contributed by atoms with Crippen LogP contribution in [0.1, 0.15) is 24.0 Å². The average molecular weight is 288 g/mol. The van der Waals surface area contributed by atoms with Crippen molar-refractivity contribution in [3.05, 3.63) is 29.3 Å². The van der Waals surface area contributed by atoms with Gasteiger partial charge in [-0.3, -0.25) is 4.79 Å². The maximum absolute atomic E-state index is 12.7. The number of rotatable bonds is 2. The standard InChI is InChI=1S/C16H20N2O3/c1-20-12-3-2-10-8-18(9-11(10)6-12)16(19)14-7-15-13(17-14)4-5-21-15/h2-3,6,13-15,17H,4-5,7-9H2,1H3/t13-,14-,15-/m0/s1. The molecule has 2 saturated heterocycles. The van der Waals surface area contributed by atoms with Crippen molar-refractivity contribution in [3.63, 3.8) is 0 Å². The van der Waals surface area contributed by atoms with Crippen LogP contribution >= 0.6 is 0 Å². The minimum atomic E-state index is -0.0866. The monoisotopic (exact) mass is 288 g/mol. The van der Waals surface area contributed by atoms with E-state index >= 15 is 0 Å². The summed E-state index contributed by atoms with van der Waals surface area (Å²) in [5.41, 5.74) is 2.41. The third-order valence-electron chi connectivity index (χ3n) is 4.84. The van der Waals surface area contributed by atoms with Gasteiger partial charge in [0.25, 0.3) is 0 Å². The lowest BCUT2D eigenvalue weighted by Gasteiger charge is -2.20. The Morgan fingerprint density at radius 3 is 3.05 bits per heavy atom. The van der Waals surface area contributed by atoms with E-state index < -0.39 is 0 Å². The van der Waals surface area contributed by atoms with Crippen molar-refractivity contribution in [2.24, 2.45) is 0 Å². The van der Waals surface area contributed by atoms with Crippen LogP contribution in [0.5, 0.6) is 5.75 Å². The van der Waals surface area contributed by atoms with Gasteiger partial charge in [0, 0.05) is 25.7 Å². The van der Waals surface area contributed by atoms with Crippen LogP contribution in [0.25, 0.3) is 0 Å². The predicted octanol–water partition coefficient (Wildman–Crippen LogP) is 1.06. The van der Waals surface area contributed by atoms with E-state index in [1.54, 1.807) is 7.11 Å². The van der Waals surface area contributed by atoms with Gasteiger partial charge in [-0.2, -0.15) is 0 Å². The number of methoxy groups -OCH3 is 1. The van der Waals surface area contributed by atoms with E-state index in [-0.39, 0.29) is 18.1 Å². The van der Waals surface area contributed by atoms with Gasteiger partial charge < -0.3 is 19.7 Å². The highest BCUT2D eigenvalue weighted by atomic mass is 16.5. The van der Waals surface area contributed by atoms with Gasteiger partial charge in [-0.05, 0) is 36.1 Å². The fourth-order valence-electron chi connectivity index (χ4n) is 3.68. The number of nitrogens with one attached hydrogen (secondary N) is 1. The highest BCUT2D eigenvalue weighted by Gasteiger charge is 2.42. The summed E-state index contributed by atoms with van der Waals surface area (Å²) in [5, 5.41) is 3.44. The number of carbonyl (C=O) groups is 1. The first-order valence-corrected chi connectivity index (χ1v) is 7.57. The average Bonchev–Trinajstić information content (AvgIpc) is 3.18. The van der Waals surface area contributed by atoms with Crippen LogP contribution in [0.2, 0.25) is 0 Å². The molecule has 0 radical (unpaired) electrons. The SMILES string of the molecule is COc1ccc2c(c1)CN(C(=O)[C@@H]1C[C@@H]3OCC[C@@H]3N1)C2. The van der Waals surface area contributed by atoms with Gasteiger partial charge in [0.1, 0.15) is 5.75 Å². The van der Waals surface area contributed by atoms with Crippen LogP contribution in [0.4, 0.5) is 0 Å². The minimum Gasteiger partial charge on any atom is -0.497 e. The van der Waals surface area contributed by atoms with Gasteiger partial charge in [-0.1, -0.05) is 6.07 Å². The summed E-state index contributed by atoms with van der Waals surface area (Å²) in [7, 11) is 1.67. The van der Waals surface area contributed by atoms with Gasteiger partial charge >= 0.3 is 0 Å². The van der Waals surface area contributed by atoms with Crippen LogP contribution < -0.4 is 10.1 Å². The second kappa shape index (κ2) is 5.00. The van der Waals surface area contributed by atoms with Crippen LogP contribution in [0, 0.1) is 0 Å². The molecule has 0 unspecified atom stereocenters. The minimum absolute atomic E-state index is 0.0866. The highest BCUT2D eigenvalue weighted by molar-refractivity contribution is 5.83. The van der Waals surface area contributed by atoms with Crippen molar-refractivity contribution in [2.75, 3.05) is 13.7 Å². The van der Waals surface area contributed by atoms with Crippen molar-refractivity contribution in [1.29, 1.82) is 0 Å². The molecule has 3 aliphatic heterocycles. The molecule has 0 bridgehead atoms. The summed E-state index contributed by atoms with van der Waals surface area (Å²) >= 11 is 0. The van der Waals surface area contributed by atoms with Gasteiger partial charge in [0.05, 0.1) is 19.3 Å². The van der Waals surface area contributed by atoms with Gasteiger partial charge in [-0.25, -0.2) is 0 Å². The summed E-state index contributed by atoms with van der Waals surface area (Å²) < 4.78 is 10.9. The molecule has 21 heavy (non-hydrogen) atoms. The molecule has 3 atom stereocenters. The molecule has 1 aromatic rings. The maximum atomic E-state index is 12.7. The van der Waals surface area contributed by atoms with Crippen molar-refractivity contribution < 1.29 is 14.3 Å². The number of fused-ring (bicyclic) bond motifs is 2. The molecule has 0 spiro atoms. The second-order valence-corrected chi connectivity index (χ2v) is 6.09. The molecule has 112 valence electrons. The molecular weight excluding hydrogens is 268 g/mol. The van der Waals surface area contributed by atoms with E-state index in [2.05, 4.69) is 11.4 Å². The van der Waals surface area contributed by atoms with E-state index in [1.165, 1.54) is 11.1 Å². The van der Waals surface area contributed by atoms with Crippen LogP contribution in [-0.4, -0.2) is 42.7 Å². The molecule has 0 aliphatic carbocycles. The Bertz CT molecular complexity index is 563. The normalized spacial score (nSPS) is 30.3. The fraction of sp³-hybridized carbons (Fsp3) is 0.562. The fourth-order valence-corrected chi connectivity index (χ4v) is 3.68. The number of ether oxygens (including phenoxy) is 2. The molecule has 3 heterocycles. The first-order valence-electron chi connectivity index (χ1n) is 7.57. The first-order chi connectivity index (χ1) is 10.2. The molecular formula is C16H20N2O3. The summed E-state index contributed by atoms with van der Waals surface area (Å²) in [6.45, 7) is 2.20. The molecule has 1 amide bonds. The summed E-state index contributed by atoms with van der Waals surface area (Å²) in [5.74, 6) is 1.05. The number of amides is 1. The molecule has 1 aromatic carbocycles. The Hall–Kier alpha value is -1.59. The summed E-state index contributed by atoms with van der Waals surface area (Å²) in [6, 6.07) is 6.32. The zero-order valence-electron chi connectivity index (χ0n) is 12.2. The molecule has 1 N–H and O–H groups in total. The largest absolute Gasteiger partial charge is 0.497 e. The summed E-state index contributed by atoms with van der Waals surface area (Å²) in [4.78, 5) is 14.6. The Balaban J connectivity index is 1.45. The smallest absolute Gasteiger partial charge is 0.240 e. The van der Waals surface area contributed by atoms with Gasteiger partial charge in [0.15, 0.2) is 0 Å². The zero-order chi connectivity index (χ0) is 14.4. The van der Waals surface area contributed by atoms with Crippen molar-refractivity contribution >= 4 is 5.91 Å². The molecule has 5 heteroatoms. The molecule has 5 nitrogen and oxygen atoms in total. The summed E-state index contributed by atoms with van der Waals surface area (Å²) in [6.07, 6.45) is 2.05. The molecule has 0 aromatic heterocycles. The highest BCUT2D eigenvalue weighted by Crippen LogP contribution is 2.30. The molecule has 3 aliphatic rings. The van der Waals surface area contributed by atoms with Crippen molar-refractivity contribution in [2.45, 2.75) is 44.1 Å². The van der Waals surface area contributed by atoms with Gasteiger partial charge in [-0.15, -0.1) is 0 Å². The topological polar surface area (TPSA) is 50.8 Å². The predicted molar refractivity (Wildman–Crippen MR) is 76.9 cm³/mol. The lowest BCUT2D eigenvalue weighted by molar-refractivity contribution is -0.134. The number of hydrogen-bond donors (Lipinski definition) is 1. The third kappa shape index (κ3) is 2.21. The van der Waals surface area contributed by atoms with Crippen LogP contribution in [0.15, 0.2) is 18.2 Å². The number of nitrogens with zero attached hydrogens (tertiary/aromatic N) is 1. The molecule has 2 fully saturated rings. The Kier molecular flexibility index (Phi) is 3.12. The van der Waals surface area contributed by atoms with Gasteiger partial charge in [0.2, 0.25) is 5.91 Å². The Labute approximate surface area is 124 Å². The van der Waals surface area contributed by atoms with E-state index in [9.17, 15) is 4.79 Å². The van der Waals surface area contributed by atoms with E-state index in [1.807, 2.05) is 17.0 Å².